The molecule has 1 heterocycles. The Kier molecular flexibility index (Phi) is 4.98. The molecule has 1 aliphatic heterocycles. The summed E-state index contributed by atoms with van der Waals surface area (Å²) >= 11 is 9.07. The van der Waals surface area contributed by atoms with E-state index in [1.807, 2.05) is 0 Å². The standard InChI is InChI=1S/C12H15BrClFN2O/c13-9-4-3-8(12(15)11(9)14)10(17-16)6-7-2-1-5-18-7/h3-4,7,10,17H,1-2,5-6,16H2. The Morgan fingerprint density at radius 1 is 1.61 bits per heavy atom. The number of halogens is 3. The van der Waals surface area contributed by atoms with E-state index in [-0.39, 0.29) is 17.2 Å². The third-order valence-electron chi connectivity index (χ3n) is 3.16. The lowest BCUT2D eigenvalue weighted by molar-refractivity contribution is 0.0942. The maximum atomic E-state index is 14.1. The molecule has 6 heteroatoms. The second-order valence-corrected chi connectivity index (χ2v) is 5.59. The summed E-state index contributed by atoms with van der Waals surface area (Å²) in [5, 5.41) is 0.0834. The van der Waals surface area contributed by atoms with Gasteiger partial charge in [-0.25, -0.2) is 4.39 Å². The molecule has 2 unspecified atom stereocenters. The molecule has 3 N–H and O–H groups in total. The van der Waals surface area contributed by atoms with Crippen LogP contribution in [-0.4, -0.2) is 12.7 Å². The number of benzene rings is 1. The van der Waals surface area contributed by atoms with Crippen LogP contribution >= 0.6 is 27.5 Å². The lowest BCUT2D eigenvalue weighted by Gasteiger charge is -2.21. The van der Waals surface area contributed by atoms with Crippen molar-refractivity contribution in [1.82, 2.24) is 5.43 Å². The minimum Gasteiger partial charge on any atom is -0.378 e. The van der Waals surface area contributed by atoms with E-state index in [2.05, 4.69) is 21.4 Å². The molecule has 3 nitrogen and oxygen atoms in total. The van der Waals surface area contributed by atoms with E-state index in [0.717, 1.165) is 19.4 Å². The van der Waals surface area contributed by atoms with E-state index < -0.39 is 5.82 Å². The number of hydrogen-bond donors (Lipinski definition) is 2. The average Bonchev–Trinajstić information content (AvgIpc) is 2.87. The molecule has 18 heavy (non-hydrogen) atoms. The second kappa shape index (κ2) is 6.30. The minimum absolute atomic E-state index is 0.0834. The fourth-order valence-corrected chi connectivity index (χ4v) is 2.67. The van der Waals surface area contributed by atoms with Gasteiger partial charge in [-0.3, -0.25) is 11.3 Å². The van der Waals surface area contributed by atoms with Crippen LogP contribution < -0.4 is 11.3 Å². The summed E-state index contributed by atoms with van der Waals surface area (Å²) in [6.45, 7) is 0.769. The van der Waals surface area contributed by atoms with Crippen molar-refractivity contribution in [3.8, 4) is 0 Å². The van der Waals surface area contributed by atoms with E-state index in [0.29, 0.717) is 16.5 Å². The van der Waals surface area contributed by atoms with Gasteiger partial charge < -0.3 is 4.74 Å². The summed E-state index contributed by atoms with van der Waals surface area (Å²) in [4.78, 5) is 0. The summed E-state index contributed by atoms with van der Waals surface area (Å²) in [7, 11) is 0. The maximum Gasteiger partial charge on any atom is 0.147 e. The Hall–Kier alpha value is -0.200. The van der Waals surface area contributed by atoms with Crippen LogP contribution in [0.5, 0.6) is 0 Å². The van der Waals surface area contributed by atoms with E-state index in [9.17, 15) is 4.39 Å². The zero-order valence-electron chi connectivity index (χ0n) is 9.76. The van der Waals surface area contributed by atoms with Gasteiger partial charge in [-0.2, -0.15) is 0 Å². The van der Waals surface area contributed by atoms with Crippen LogP contribution in [0.4, 0.5) is 4.39 Å². The van der Waals surface area contributed by atoms with E-state index in [4.69, 9.17) is 22.2 Å². The van der Waals surface area contributed by atoms with Gasteiger partial charge in [-0.1, -0.05) is 17.7 Å². The first-order valence-corrected chi connectivity index (χ1v) is 7.01. The van der Waals surface area contributed by atoms with Gasteiger partial charge in [0, 0.05) is 16.6 Å². The van der Waals surface area contributed by atoms with Gasteiger partial charge in [0.15, 0.2) is 0 Å². The lowest BCUT2D eigenvalue weighted by atomic mass is 9.99. The zero-order chi connectivity index (χ0) is 13.1. The monoisotopic (exact) mass is 336 g/mol. The Morgan fingerprint density at radius 2 is 2.39 bits per heavy atom. The van der Waals surface area contributed by atoms with Crippen molar-refractivity contribution in [2.75, 3.05) is 6.61 Å². The fourth-order valence-electron chi connectivity index (χ4n) is 2.19. The highest BCUT2D eigenvalue weighted by atomic mass is 79.9. The molecule has 1 aromatic carbocycles. The van der Waals surface area contributed by atoms with Crippen LogP contribution in [0, 0.1) is 5.82 Å². The lowest BCUT2D eigenvalue weighted by Crippen LogP contribution is -2.31. The SMILES string of the molecule is NNC(CC1CCCO1)c1ccc(Br)c(Cl)c1F. The van der Waals surface area contributed by atoms with Crippen molar-refractivity contribution in [2.45, 2.75) is 31.4 Å². The first kappa shape index (κ1) is 14.2. The molecule has 0 amide bonds. The first-order chi connectivity index (χ1) is 8.63. The van der Waals surface area contributed by atoms with Crippen LogP contribution in [0.25, 0.3) is 0 Å². The topological polar surface area (TPSA) is 47.3 Å². The molecule has 0 spiro atoms. The second-order valence-electron chi connectivity index (χ2n) is 4.35. The van der Waals surface area contributed by atoms with Gasteiger partial charge in [0.2, 0.25) is 0 Å². The van der Waals surface area contributed by atoms with Crippen molar-refractivity contribution in [1.29, 1.82) is 0 Å². The molecule has 1 saturated heterocycles. The highest BCUT2D eigenvalue weighted by Crippen LogP contribution is 2.33. The molecule has 1 fully saturated rings. The largest absolute Gasteiger partial charge is 0.378 e. The molecule has 100 valence electrons. The van der Waals surface area contributed by atoms with Crippen LogP contribution in [-0.2, 0) is 4.74 Å². The molecule has 2 rings (SSSR count). The smallest absolute Gasteiger partial charge is 0.147 e. The van der Waals surface area contributed by atoms with Crippen molar-refractivity contribution in [2.24, 2.45) is 5.84 Å². The normalized spacial score (nSPS) is 21.2. The average molecular weight is 338 g/mol. The molecule has 0 radical (unpaired) electrons. The van der Waals surface area contributed by atoms with Crippen molar-refractivity contribution < 1.29 is 9.13 Å². The predicted molar refractivity (Wildman–Crippen MR) is 72.8 cm³/mol. The quantitative estimate of drug-likeness (QED) is 0.503. The number of hydrazine groups is 1. The molecular formula is C12H15BrClFN2O. The Labute approximate surface area is 119 Å². The molecule has 0 aliphatic carbocycles. The zero-order valence-corrected chi connectivity index (χ0v) is 12.1. The summed E-state index contributed by atoms with van der Waals surface area (Å²) in [5.41, 5.74) is 3.11. The Bertz CT molecular complexity index is 427. The summed E-state index contributed by atoms with van der Waals surface area (Å²) in [5.74, 6) is 5.07. The molecule has 1 aliphatic rings. The molecule has 1 aromatic rings. The maximum absolute atomic E-state index is 14.1. The molecule has 2 atom stereocenters. The van der Waals surface area contributed by atoms with Gasteiger partial charge in [0.25, 0.3) is 0 Å². The number of nitrogens with one attached hydrogen (secondary N) is 1. The number of ether oxygens (including phenoxy) is 1. The first-order valence-electron chi connectivity index (χ1n) is 5.84. The Morgan fingerprint density at radius 3 is 3.00 bits per heavy atom. The van der Waals surface area contributed by atoms with E-state index >= 15 is 0 Å². The summed E-state index contributed by atoms with van der Waals surface area (Å²) in [6.07, 6.45) is 2.81. The predicted octanol–water partition coefficient (Wildman–Crippen LogP) is 3.32. The number of rotatable bonds is 4. The van der Waals surface area contributed by atoms with Crippen LogP contribution in [0.3, 0.4) is 0 Å². The van der Waals surface area contributed by atoms with Crippen LogP contribution in [0.15, 0.2) is 16.6 Å². The van der Waals surface area contributed by atoms with Crippen LogP contribution in [0.2, 0.25) is 5.02 Å². The van der Waals surface area contributed by atoms with Gasteiger partial charge in [-0.15, -0.1) is 0 Å². The minimum atomic E-state index is -0.438. The van der Waals surface area contributed by atoms with Gasteiger partial charge in [-0.05, 0) is 41.3 Å². The molecule has 0 saturated carbocycles. The summed E-state index contributed by atoms with van der Waals surface area (Å²) < 4.78 is 20.2. The highest BCUT2D eigenvalue weighted by Gasteiger charge is 2.24. The molecular weight excluding hydrogens is 322 g/mol. The van der Waals surface area contributed by atoms with Crippen LogP contribution in [0.1, 0.15) is 30.9 Å². The summed E-state index contributed by atoms with van der Waals surface area (Å²) in [6, 6.07) is 3.12. The van der Waals surface area contributed by atoms with Crippen molar-refractivity contribution >= 4 is 27.5 Å². The molecule has 0 aromatic heterocycles. The van der Waals surface area contributed by atoms with Crippen molar-refractivity contribution in [3.63, 3.8) is 0 Å². The molecule has 0 bridgehead atoms. The van der Waals surface area contributed by atoms with Crippen molar-refractivity contribution in [3.05, 3.63) is 33.0 Å². The van der Waals surface area contributed by atoms with E-state index in [1.165, 1.54) is 0 Å². The fraction of sp³-hybridized carbons (Fsp3) is 0.500. The van der Waals surface area contributed by atoms with Gasteiger partial charge >= 0.3 is 0 Å². The third kappa shape index (κ3) is 3.03. The van der Waals surface area contributed by atoms with Gasteiger partial charge in [0.05, 0.1) is 17.2 Å². The number of hydrogen-bond acceptors (Lipinski definition) is 3. The third-order valence-corrected chi connectivity index (χ3v) is 4.42. The van der Waals surface area contributed by atoms with Gasteiger partial charge in [0.1, 0.15) is 5.82 Å². The number of nitrogens with two attached hydrogens (primary N) is 1. The van der Waals surface area contributed by atoms with E-state index in [1.54, 1.807) is 12.1 Å². The Balaban J connectivity index is 2.18. The highest BCUT2D eigenvalue weighted by molar-refractivity contribution is 9.10.